The fraction of sp³-hybridized carbons (Fsp3) is 0.357. The second-order valence-corrected chi connectivity index (χ2v) is 5.49. The molecule has 5 nitrogen and oxygen atoms in total. The molecule has 0 saturated carbocycles. The Balaban J connectivity index is 1.53. The van der Waals surface area contributed by atoms with Gasteiger partial charge < -0.3 is 9.64 Å². The maximum Gasteiger partial charge on any atom is 0.316 e. The quantitative estimate of drug-likeness (QED) is 0.860. The Kier molecular flexibility index (Phi) is 3.92. The largest absolute Gasteiger partial charge is 0.458 e. The van der Waals surface area contributed by atoms with E-state index in [0.717, 1.165) is 18.5 Å². The summed E-state index contributed by atoms with van der Waals surface area (Å²) in [4.78, 5) is 22.1. The summed E-state index contributed by atoms with van der Waals surface area (Å²) < 4.78 is 5.68. The monoisotopic (exact) mass is 289 g/mol. The van der Waals surface area contributed by atoms with Crippen molar-refractivity contribution in [3.05, 3.63) is 40.8 Å². The fourth-order valence-corrected chi connectivity index (χ4v) is 2.89. The van der Waals surface area contributed by atoms with E-state index >= 15 is 0 Å². The van der Waals surface area contributed by atoms with Gasteiger partial charge in [0, 0.05) is 25.4 Å². The zero-order valence-corrected chi connectivity index (χ0v) is 11.8. The van der Waals surface area contributed by atoms with Crippen molar-refractivity contribution in [2.75, 3.05) is 13.1 Å². The van der Waals surface area contributed by atoms with Crippen molar-refractivity contribution < 1.29 is 9.53 Å². The number of rotatable bonds is 4. The zero-order chi connectivity index (χ0) is 13.8. The molecule has 3 heterocycles. The Morgan fingerprint density at radius 1 is 1.45 bits per heavy atom. The van der Waals surface area contributed by atoms with Crippen LogP contribution in [-0.2, 0) is 11.2 Å². The third kappa shape index (κ3) is 3.14. The van der Waals surface area contributed by atoms with Gasteiger partial charge in [-0.1, -0.05) is 0 Å². The SMILES string of the molecule is O=C(Cc1ccsc1)N1CC[C@@H](Oc2ncccn2)C1. The Labute approximate surface area is 121 Å². The third-order valence-corrected chi connectivity index (χ3v) is 3.98. The van der Waals surface area contributed by atoms with Crippen LogP contribution in [-0.4, -0.2) is 40.0 Å². The predicted octanol–water partition coefficient (Wildman–Crippen LogP) is 1.76. The number of carbonyl (C=O) groups excluding carboxylic acids is 1. The molecule has 1 aliphatic heterocycles. The number of nitrogens with zero attached hydrogens (tertiary/aromatic N) is 3. The average molecular weight is 289 g/mol. The highest BCUT2D eigenvalue weighted by Crippen LogP contribution is 2.16. The van der Waals surface area contributed by atoms with Crippen molar-refractivity contribution in [1.29, 1.82) is 0 Å². The maximum absolute atomic E-state index is 12.2. The van der Waals surface area contributed by atoms with Crippen molar-refractivity contribution in [2.24, 2.45) is 0 Å². The topological polar surface area (TPSA) is 55.3 Å². The molecule has 1 fully saturated rings. The van der Waals surface area contributed by atoms with E-state index in [1.165, 1.54) is 0 Å². The number of hydrogen-bond acceptors (Lipinski definition) is 5. The second kappa shape index (κ2) is 6.00. The van der Waals surface area contributed by atoms with Gasteiger partial charge in [0.25, 0.3) is 0 Å². The molecule has 0 radical (unpaired) electrons. The van der Waals surface area contributed by atoms with Crippen LogP contribution in [0.4, 0.5) is 0 Å². The van der Waals surface area contributed by atoms with E-state index < -0.39 is 0 Å². The van der Waals surface area contributed by atoms with Gasteiger partial charge in [0.15, 0.2) is 0 Å². The first-order chi connectivity index (χ1) is 9.81. The molecule has 1 amide bonds. The first-order valence-corrected chi connectivity index (χ1v) is 7.48. The molecule has 0 unspecified atom stereocenters. The lowest BCUT2D eigenvalue weighted by atomic mass is 10.2. The Bertz CT molecular complexity index is 559. The number of thiophene rings is 1. The van der Waals surface area contributed by atoms with Gasteiger partial charge in [0.1, 0.15) is 6.10 Å². The van der Waals surface area contributed by atoms with Gasteiger partial charge in [-0.3, -0.25) is 4.79 Å². The van der Waals surface area contributed by atoms with Crippen molar-refractivity contribution in [3.63, 3.8) is 0 Å². The molecule has 0 N–H and O–H groups in total. The summed E-state index contributed by atoms with van der Waals surface area (Å²) in [5.74, 6) is 0.156. The first kappa shape index (κ1) is 13.1. The van der Waals surface area contributed by atoms with Crippen LogP contribution >= 0.6 is 11.3 Å². The molecule has 20 heavy (non-hydrogen) atoms. The van der Waals surface area contributed by atoms with E-state index in [1.54, 1.807) is 29.8 Å². The number of carbonyl (C=O) groups is 1. The molecule has 0 aromatic carbocycles. The van der Waals surface area contributed by atoms with Crippen molar-refractivity contribution in [3.8, 4) is 6.01 Å². The molecule has 1 saturated heterocycles. The van der Waals surface area contributed by atoms with E-state index in [4.69, 9.17) is 4.74 Å². The molecular weight excluding hydrogens is 274 g/mol. The lowest BCUT2D eigenvalue weighted by Gasteiger charge is -2.16. The van der Waals surface area contributed by atoms with Gasteiger partial charge in [0.2, 0.25) is 5.91 Å². The highest BCUT2D eigenvalue weighted by molar-refractivity contribution is 7.07. The van der Waals surface area contributed by atoms with Crippen molar-refractivity contribution in [2.45, 2.75) is 18.9 Å². The molecule has 0 aliphatic carbocycles. The molecule has 0 bridgehead atoms. The van der Waals surface area contributed by atoms with Crippen LogP contribution in [0.1, 0.15) is 12.0 Å². The van der Waals surface area contributed by atoms with E-state index in [-0.39, 0.29) is 12.0 Å². The van der Waals surface area contributed by atoms with Crippen LogP contribution in [0.5, 0.6) is 6.01 Å². The van der Waals surface area contributed by atoms with Gasteiger partial charge in [0.05, 0.1) is 13.0 Å². The summed E-state index contributed by atoms with van der Waals surface area (Å²) >= 11 is 1.61. The number of ether oxygens (including phenoxy) is 1. The van der Waals surface area contributed by atoms with E-state index in [0.29, 0.717) is 19.0 Å². The Morgan fingerprint density at radius 2 is 2.30 bits per heavy atom. The highest BCUT2D eigenvalue weighted by Gasteiger charge is 2.28. The minimum atomic E-state index is -0.0103. The van der Waals surface area contributed by atoms with Crippen LogP contribution in [0, 0.1) is 0 Å². The summed E-state index contributed by atoms with van der Waals surface area (Å²) in [6.07, 6.45) is 4.59. The summed E-state index contributed by atoms with van der Waals surface area (Å²) in [5.41, 5.74) is 1.08. The third-order valence-electron chi connectivity index (χ3n) is 3.25. The standard InChI is InChI=1S/C14H15N3O2S/c18-13(8-11-3-7-20-10-11)17-6-2-12(9-17)19-14-15-4-1-5-16-14/h1,3-5,7,10,12H,2,6,8-9H2/t12-/m1/s1. The molecule has 3 rings (SSSR count). The fourth-order valence-electron chi connectivity index (χ4n) is 2.23. The molecule has 2 aromatic heterocycles. The van der Waals surface area contributed by atoms with Crippen LogP contribution < -0.4 is 4.74 Å². The molecule has 0 spiro atoms. The van der Waals surface area contributed by atoms with Crippen LogP contribution in [0.2, 0.25) is 0 Å². The molecule has 1 aliphatic rings. The summed E-state index contributed by atoms with van der Waals surface area (Å²) in [6.45, 7) is 1.35. The Hall–Kier alpha value is -1.95. The van der Waals surface area contributed by atoms with Crippen LogP contribution in [0.3, 0.4) is 0 Å². The number of amides is 1. The van der Waals surface area contributed by atoms with Gasteiger partial charge in [-0.15, -0.1) is 0 Å². The number of aromatic nitrogens is 2. The average Bonchev–Trinajstić information content (AvgIpc) is 3.11. The molecular formula is C14H15N3O2S. The lowest BCUT2D eigenvalue weighted by molar-refractivity contribution is -0.129. The van der Waals surface area contributed by atoms with Crippen LogP contribution in [0.25, 0.3) is 0 Å². The normalized spacial score (nSPS) is 18.2. The number of hydrogen-bond donors (Lipinski definition) is 0. The summed E-state index contributed by atoms with van der Waals surface area (Å²) in [6, 6.07) is 4.12. The van der Waals surface area contributed by atoms with Gasteiger partial charge in [-0.25, -0.2) is 9.97 Å². The maximum atomic E-state index is 12.2. The van der Waals surface area contributed by atoms with Crippen LogP contribution in [0.15, 0.2) is 35.3 Å². The summed E-state index contributed by atoms with van der Waals surface area (Å²) in [7, 11) is 0. The zero-order valence-electron chi connectivity index (χ0n) is 10.9. The molecule has 2 aromatic rings. The van der Waals surface area contributed by atoms with E-state index in [9.17, 15) is 4.79 Å². The van der Waals surface area contributed by atoms with E-state index in [1.807, 2.05) is 21.7 Å². The molecule has 6 heteroatoms. The van der Waals surface area contributed by atoms with E-state index in [2.05, 4.69) is 9.97 Å². The first-order valence-electron chi connectivity index (χ1n) is 6.54. The summed E-state index contributed by atoms with van der Waals surface area (Å²) in [5, 5.41) is 4.00. The van der Waals surface area contributed by atoms with Gasteiger partial charge >= 0.3 is 6.01 Å². The van der Waals surface area contributed by atoms with Crippen molar-refractivity contribution in [1.82, 2.24) is 14.9 Å². The van der Waals surface area contributed by atoms with Gasteiger partial charge in [-0.05, 0) is 28.5 Å². The predicted molar refractivity (Wildman–Crippen MR) is 75.7 cm³/mol. The number of likely N-dealkylation sites (tertiary alicyclic amines) is 1. The molecule has 104 valence electrons. The lowest BCUT2D eigenvalue weighted by Crippen LogP contribution is -2.32. The Morgan fingerprint density at radius 3 is 3.05 bits per heavy atom. The highest BCUT2D eigenvalue weighted by atomic mass is 32.1. The van der Waals surface area contributed by atoms with Gasteiger partial charge in [-0.2, -0.15) is 11.3 Å². The minimum Gasteiger partial charge on any atom is -0.458 e. The molecule has 1 atom stereocenters. The van der Waals surface area contributed by atoms with Crippen molar-refractivity contribution >= 4 is 17.2 Å². The second-order valence-electron chi connectivity index (χ2n) is 4.71. The smallest absolute Gasteiger partial charge is 0.316 e. The minimum absolute atomic E-state index is 0.0103.